The zero-order valence-electron chi connectivity index (χ0n) is 17.8. The standard InChI is InChI=1S/C27H16N6O/c34-16-17-5-11-31-26-20-12-18(3-4-23(20)33(27(17)26)19-2-1-8-28-13-19)32-24-6-9-29-14-21(24)22-15-30-10-7-25(22)32/h1-16H. The van der Waals surface area contributed by atoms with Gasteiger partial charge in [-0.3, -0.25) is 24.7 Å². The van der Waals surface area contributed by atoms with Gasteiger partial charge in [0.15, 0.2) is 6.29 Å². The Morgan fingerprint density at radius 3 is 2.09 bits per heavy atom. The maximum Gasteiger partial charge on any atom is 0.152 e. The van der Waals surface area contributed by atoms with Crippen molar-refractivity contribution in [1.29, 1.82) is 0 Å². The maximum absolute atomic E-state index is 12.0. The second kappa shape index (κ2) is 7.05. The highest BCUT2D eigenvalue weighted by atomic mass is 16.1. The molecule has 0 fully saturated rings. The summed E-state index contributed by atoms with van der Waals surface area (Å²) in [4.78, 5) is 29.6. The number of aldehydes is 1. The van der Waals surface area contributed by atoms with Gasteiger partial charge in [-0.1, -0.05) is 0 Å². The zero-order chi connectivity index (χ0) is 22.6. The zero-order valence-corrected chi connectivity index (χ0v) is 17.8. The third-order valence-corrected chi connectivity index (χ3v) is 6.31. The van der Waals surface area contributed by atoms with E-state index in [1.807, 2.05) is 36.7 Å². The largest absolute Gasteiger partial charge is 0.309 e. The number of carbonyl (C=O) groups is 1. The molecule has 7 heteroatoms. The molecule has 1 aromatic carbocycles. The number of aromatic nitrogens is 6. The van der Waals surface area contributed by atoms with Crippen LogP contribution in [0, 0.1) is 0 Å². The molecule has 0 N–H and O–H groups in total. The molecule has 0 spiro atoms. The van der Waals surface area contributed by atoms with Gasteiger partial charge in [0.2, 0.25) is 0 Å². The fraction of sp³-hybridized carbons (Fsp3) is 0. The van der Waals surface area contributed by atoms with Crippen LogP contribution < -0.4 is 0 Å². The smallest absolute Gasteiger partial charge is 0.152 e. The predicted octanol–water partition coefficient (Wildman–Crippen LogP) is 5.27. The number of rotatable bonds is 3. The molecule has 0 bridgehead atoms. The average molecular weight is 440 g/mol. The highest BCUT2D eigenvalue weighted by Gasteiger charge is 2.19. The van der Waals surface area contributed by atoms with Gasteiger partial charge < -0.3 is 9.13 Å². The lowest BCUT2D eigenvalue weighted by Gasteiger charge is -2.10. The Balaban J connectivity index is 1.61. The molecule has 7 rings (SSSR count). The summed E-state index contributed by atoms with van der Waals surface area (Å²) in [6.07, 6.45) is 13.4. The van der Waals surface area contributed by atoms with E-state index in [9.17, 15) is 4.79 Å². The van der Waals surface area contributed by atoms with Crippen molar-refractivity contribution in [2.75, 3.05) is 0 Å². The van der Waals surface area contributed by atoms with Gasteiger partial charge in [0.25, 0.3) is 0 Å². The first-order valence-corrected chi connectivity index (χ1v) is 10.8. The molecule has 7 nitrogen and oxygen atoms in total. The lowest BCUT2D eigenvalue weighted by molar-refractivity contribution is 0.112. The summed E-state index contributed by atoms with van der Waals surface area (Å²) in [5, 5.41) is 3.05. The van der Waals surface area contributed by atoms with Crippen molar-refractivity contribution in [3.05, 3.63) is 97.5 Å². The molecule has 0 saturated heterocycles. The van der Waals surface area contributed by atoms with Crippen molar-refractivity contribution < 1.29 is 4.79 Å². The Kier molecular flexibility index (Phi) is 3.86. The summed E-state index contributed by atoms with van der Waals surface area (Å²) in [5.41, 5.74) is 7.06. The van der Waals surface area contributed by atoms with Crippen molar-refractivity contribution in [3.63, 3.8) is 0 Å². The Hall–Kier alpha value is -4.91. The normalized spacial score (nSPS) is 11.6. The van der Waals surface area contributed by atoms with Crippen molar-refractivity contribution in [1.82, 2.24) is 29.1 Å². The summed E-state index contributed by atoms with van der Waals surface area (Å²) in [7, 11) is 0. The van der Waals surface area contributed by atoms with Gasteiger partial charge in [-0.2, -0.15) is 0 Å². The number of hydrogen-bond donors (Lipinski definition) is 0. The van der Waals surface area contributed by atoms with E-state index in [-0.39, 0.29) is 0 Å². The SMILES string of the molecule is O=Cc1ccnc2c3cc(-n4c5ccncc5c5cnccc54)ccc3n(-c3cccnc3)c12. The van der Waals surface area contributed by atoms with Crippen LogP contribution in [-0.2, 0) is 0 Å². The molecule has 7 aromatic rings. The van der Waals surface area contributed by atoms with Gasteiger partial charge in [-0.05, 0) is 48.5 Å². The highest BCUT2D eigenvalue weighted by Crippen LogP contribution is 2.36. The average Bonchev–Trinajstić information content (AvgIpc) is 3.42. The van der Waals surface area contributed by atoms with Crippen LogP contribution in [0.15, 0.2) is 91.9 Å². The number of benzene rings is 1. The van der Waals surface area contributed by atoms with Crippen molar-refractivity contribution in [3.8, 4) is 11.4 Å². The van der Waals surface area contributed by atoms with Crippen LogP contribution in [0.2, 0.25) is 0 Å². The predicted molar refractivity (Wildman–Crippen MR) is 132 cm³/mol. The number of pyridine rings is 4. The van der Waals surface area contributed by atoms with Crippen molar-refractivity contribution >= 4 is 50.0 Å². The Morgan fingerprint density at radius 2 is 1.38 bits per heavy atom. The van der Waals surface area contributed by atoms with Crippen LogP contribution in [0.1, 0.15) is 10.4 Å². The van der Waals surface area contributed by atoms with Gasteiger partial charge in [-0.25, -0.2) is 0 Å². The van der Waals surface area contributed by atoms with E-state index in [1.165, 1.54) is 0 Å². The minimum atomic E-state index is 0.584. The third kappa shape index (κ3) is 2.49. The molecule has 160 valence electrons. The van der Waals surface area contributed by atoms with Crippen LogP contribution in [0.25, 0.3) is 55.1 Å². The highest BCUT2D eigenvalue weighted by molar-refractivity contribution is 6.13. The summed E-state index contributed by atoms with van der Waals surface area (Å²) in [6.45, 7) is 0. The lowest BCUT2D eigenvalue weighted by Crippen LogP contribution is -1.98. The first-order valence-electron chi connectivity index (χ1n) is 10.8. The van der Waals surface area contributed by atoms with E-state index in [4.69, 9.17) is 0 Å². The van der Waals surface area contributed by atoms with Gasteiger partial charge in [0.1, 0.15) is 0 Å². The van der Waals surface area contributed by atoms with Gasteiger partial charge in [0, 0.05) is 64.6 Å². The fourth-order valence-electron chi connectivity index (χ4n) is 4.91. The third-order valence-electron chi connectivity index (χ3n) is 6.31. The van der Waals surface area contributed by atoms with E-state index in [1.54, 1.807) is 37.1 Å². The molecule has 34 heavy (non-hydrogen) atoms. The minimum Gasteiger partial charge on any atom is -0.309 e. The minimum absolute atomic E-state index is 0.584. The van der Waals surface area contributed by atoms with Gasteiger partial charge in [0.05, 0.1) is 39.5 Å². The van der Waals surface area contributed by atoms with Crippen LogP contribution in [0.4, 0.5) is 0 Å². The van der Waals surface area contributed by atoms with Crippen molar-refractivity contribution in [2.24, 2.45) is 0 Å². The van der Waals surface area contributed by atoms with Gasteiger partial charge >= 0.3 is 0 Å². The topological polar surface area (TPSA) is 78.5 Å². The van der Waals surface area contributed by atoms with Crippen LogP contribution in [-0.4, -0.2) is 35.4 Å². The Bertz CT molecular complexity index is 1830. The molecule has 0 amide bonds. The molecule has 6 aromatic heterocycles. The molecular formula is C27H16N6O. The second-order valence-electron chi connectivity index (χ2n) is 8.08. The molecule has 6 heterocycles. The van der Waals surface area contributed by atoms with Crippen molar-refractivity contribution in [2.45, 2.75) is 0 Å². The molecule has 0 aliphatic carbocycles. The molecule has 0 aliphatic heterocycles. The van der Waals surface area contributed by atoms with Crippen LogP contribution in [0.5, 0.6) is 0 Å². The van der Waals surface area contributed by atoms with Crippen LogP contribution in [0.3, 0.4) is 0 Å². The molecule has 0 radical (unpaired) electrons. The first-order chi connectivity index (χ1) is 16.8. The van der Waals surface area contributed by atoms with E-state index in [2.05, 4.69) is 47.3 Å². The number of hydrogen-bond acceptors (Lipinski definition) is 5. The molecular weight excluding hydrogens is 424 g/mol. The molecule has 0 atom stereocenters. The fourth-order valence-corrected chi connectivity index (χ4v) is 4.91. The molecule has 0 unspecified atom stereocenters. The lowest BCUT2D eigenvalue weighted by atomic mass is 10.2. The Labute approximate surface area is 193 Å². The van der Waals surface area contributed by atoms with E-state index in [0.29, 0.717) is 5.56 Å². The van der Waals surface area contributed by atoms with Crippen LogP contribution >= 0.6 is 0 Å². The monoisotopic (exact) mass is 440 g/mol. The second-order valence-corrected chi connectivity index (χ2v) is 8.08. The number of fused-ring (bicyclic) bond motifs is 6. The van der Waals surface area contributed by atoms with E-state index >= 15 is 0 Å². The maximum atomic E-state index is 12.0. The van der Waals surface area contributed by atoms with E-state index < -0.39 is 0 Å². The number of carbonyl (C=O) groups excluding carboxylic acids is 1. The summed E-state index contributed by atoms with van der Waals surface area (Å²) in [5.74, 6) is 0. The Morgan fingerprint density at radius 1 is 0.647 bits per heavy atom. The summed E-state index contributed by atoms with van der Waals surface area (Å²) >= 11 is 0. The first kappa shape index (κ1) is 18.6. The number of nitrogens with zero attached hydrogens (tertiary/aromatic N) is 6. The summed E-state index contributed by atoms with van der Waals surface area (Å²) < 4.78 is 4.27. The van der Waals surface area contributed by atoms with Gasteiger partial charge in [-0.15, -0.1) is 0 Å². The quantitative estimate of drug-likeness (QED) is 0.350. The van der Waals surface area contributed by atoms with E-state index in [0.717, 1.165) is 61.4 Å². The molecule has 0 saturated carbocycles. The molecule has 0 aliphatic rings. The summed E-state index contributed by atoms with van der Waals surface area (Å²) in [6, 6.07) is 15.9.